The molecule has 0 aromatic heterocycles. The van der Waals surface area contributed by atoms with Gasteiger partial charge in [0.25, 0.3) is 0 Å². The highest BCUT2D eigenvalue weighted by atomic mass is 16.5. The minimum Gasteiger partial charge on any atom is -0.501 e. The standard InChI is InChI=1S/C10H20O/c1-4-5-6-7-8-11-9-10(2)3/h7-8,10H,4-6,9H2,1-3H3. The third-order valence-electron chi connectivity index (χ3n) is 1.35. The van der Waals surface area contributed by atoms with Crippen molar-refractivity contribution in [2.75, 3.05) is 6.61 Å². The molecule has 0 rings (SSSR count). The van der Waals surface area contributed by atoms with E-state index in [9.17, 15) is 0 Å². The monoisotopic (exact) mass is 156 g/mol. The molecule has 0 fully saturated rings. The first-order chi connectivity index (χ1) is 5.27. The van der Waals surface area contributed by atoms with Gasteiger partial charge < -0.3 is 4.74 Å². The van der Waals surface area contributed by atoms with Crippen LogP contribution >= 0.6 is 0 Å². The molecule has 0 bridgehead atoms. The average Bonchev–Trinajstić information content (AvgIpc) is 1.96. The predicted octanol–water partition coefficient (Wildman–Crippen LogP) is 3.36. The van der Waals surface area contributed by atoms with Crippen LogP contribution in [0, 0.1) is 5.92 Å². The van der Waals surface area contributed by atoms with E-state index in [4.69, 9.17) is 4.74 Å². The van der Waals surface area contributed by atoms with E-state index in [1.54, 1.807) is 0 Å². The Balaban J connectivity index is 3.03. The molecule has 0 aromatic carbocycles. The van der Waals surface area contributed by atoms with Crippen LogP contribution in [0.3, 0.4) is 0 Å². The minimum atomic E-state index is 0.630. The lowest BCUT2D eigenvalue weighted by atomic mass is 10.2. The van der Waals surface area contributed by atoms with Gasteiger partial charge in [-0.05, 0) is 24.8 Å². The Labute approximate surface area is 70.4 Å². The number of hydrogen-bond acceptors (Lipinski definition) is 1. The highest BCUT2D eigenvalue weighted by Crippen LogP contribution is 1.97. The van der Waals surface area contributed by atoms with E-state index in [0.717, 1.165) is 13.0 Å². The van der Waals surface area contributed by atoms with Gasteiger partial charge in [-0.1, -0.05) is 27.2 Å². The van der Waals surface area contributed by atoms with Crippen LogP contribution in [0.25, 0.3) is 0 Å². The molecule has 0 saturated heterocycles. The molecule has 0 saturated carbocycles. The Morgan fingerprint density at radius 2 is 2.09 bits per heavy atom. The summed E-state index contributed by atoms with van der Waals surface area (Å²) in [4.78, 5) is 0. The Kier molecular flexibility index (Phi) is 7.33. The lowest BCUT2D eigenvalue weighted by Gasteiger charge is -2.02. The molecule has 0 amide bonds. The van der Waals surface area contributed by atoms with E-state index < -0.39 is 0 Å². The molecular weight excluding hydrogens is 136 g/mol. The Bertz CT molecular complexity index is 95.0. The molecule has 0 unspecified atom stereocenters. The van der Waals surface area contributed by atoms with Gasteiger partial charge in [0, 0.05) is 0 Å². The van der Waals surface area contributed by atoms with Crippen molar-refractivity contribution in [3.05, 3.63) is 12.3 Å². The second kappa shape index (κ2) is 7.64. The molecule has 0 aromatic rings. The summed E-state index contributed by atoms with van der Waals surface area (Å²) in [5.74, 6) is 0.630. The first-order valence-electron chi connectivity index (χ1n) is 4.54. The molecule has 66 valence electrons. The number of rotatable bonds is 6. The highest BCUT2D eigenvalue weighted by Gasteiger charge is 1.88. The van der Waals surface area contributed by atoms with E-state index in [1.807, 2.05) is 6.26 Å². The van der Waals surface area contributed by atoms with Gasteiger partial charge in [-0.25, -0.2) is 0 Å². The average molecular weight is 156 g/mol. The summed E-state index contributed by atoms with van der Waals surface area (Å²) in [6.07, 6.45) is 7.60. The van der Waals surface area contributed by atoms with Gasteiger partial charge in [0.1, 0.15) is 0 Å². The fourth-order valence-corrected chi connectivity index (χ4v) is 0.706. The lowest BCUT2D eigenvalue weighted by Crippen LogP contribution is -1.96. The molecule has 0 heterocycles. The fourth-order valence-electron chi connectivity index (χ4n) is 0.706. The first kappa shape index (κ1) is 10.5. The van der Waals surface area contributed by atoms with Gasteiger partial charge in [-0.15, -0.1) is 0 Å². The van der Waals surface area contributed by atoms with Crippen molar-refractivity contribution < 1.29 is 4.74 Å². The van der Waals surface area contributed by atoms with Crippen molar-refractivity contribution in [3.63, 3.8) is 0 Å². The summed E-state index contributed by atoms with van der Waals surface area (Å²) < 4.78 is 5.26. The van der Waals surface area contributed by atoms with Gasteiger partial charge in [0.2, 0.25) is 0 Å². The van der Waals surface area contributed by atoms with Crippen molar-refractivity contribution in [2.45, 2.75) is 40.0 Å². The van der Waals surface area contributed by atoms with Crippen molar-refractivity contribution in [3.8, 4) is 0 Å². The molecule has 11 heavy (non-hydrogen) atoms. The molecule has 0 spiro atoms. The van der Waals surface area contributed by atoms with E-state index in [0.29, 0.717) is 5.92 Å². The van der Waals surface area contributed by atoms with E-state index in [-0.39, 0.29) is 0 Å². The smallest absolute Gasteiger partial charge is 0.0895 e. The summed E-state index contributed by atoms with van der Waals surface area (Å²) in [6, 6.07) is 0. The molecule has 1 heteroatoms. The second-order valence-electron chi connectivity index (χ2n) is 3.24. The quantitative estimate of drug-likeness (QED) is 0.423. The van der Waals surface area contributed by atoms with Crippen molar-refractivity contribution >= 4 is 0 Å². The van der Waals surface area contributed by atoms with Crippen LogP contribution in [-0.4, -0.2) is 6.61 Å². The molecule has 1 nitrogen and oxygen atoms in total. The summed E-state index contributed by atoms with van der Waals surface area (Å²) >= 11 is 0. The van der Waals surface area contributed by atoms with Gasteiger partial charge in [-0.3, -0.25) is 0 Å². The van der Waals surface area contributed by atoms with Crippen LogP contribution < -0.4 is 0 Å². The maximum atomic E-state index is 5.26. The zero-order valence-corrected chi connectivity index (χ0v) is 7.97. The van der Waals surface area contributed by atoms with Crippen LogP contribution in [0.2, 0.25) is 0 Å². The van der Waals surface area contributed by atoms with E-state index in [2.05, 4.69) is 26.8 Å². The molecule has 0 N–H and O–H groups in total. The number of allylic oxidation sites excluding steroid dienone is 1. The lowest BCUT2D eigenvalue weighted by molar-refractivity contribution is 0.210. The SMILES string of the molecule is CCCCC=COCC(C)C. The largest absolute Gasteiger partial charge is 0.501 e. The van der Waals surface area contributed by atoms with Crippen molar-refractivity contribution in [2.24, 2.45) is 5.92 Å². The molecule has 0 atom stereocenters. The van der Waals surface area contributed by atoms with Crippen LogP contribution in [0.5, 0.6) is 0 Å². The van der Waals surface area contributed by atoms with Crippen molar-refractivity contribution in [1.29, 1.82) is 0 Å². The van der Waals surface area contributed by atoms with Crippen LogP contribution in [0.15, 0.2) is 12.3 Å². The summed E-state index contributed by atoms with van der Waals surface area (Å²) in [7, 11) is 0. The number of ether oxygens (including phenoxy) is 1. The van der Waals surface area contributed by atoms with Gasteiger partial charge in [-0.2, -0.15) is 0 Å². The van der Waals surface area contributed by atoms with Gasteiger partial charge in [0.05, 0.1) is 12.9 Å². The van der Waals surface area contributed by atoms with Crippen LogP contribution in [0.4, 0.5) is 0 Å². The molecule has 0 aliphatic rings. The zero-order valence-electron chi connectivity index (χ0n) is 7.97. The highest BCUT2D eigenvalue weighted by molar-refractivity contribution is 4.72. The summed E-state index contributed by atoms with van der Waals surface area (Å²) in [5.41, 5.74) is 0. The Hall–Kier alpha value is -0.460. The number of unbranched alkanes of at least 4 members (excludes halogenated alkanes) is 2. The fraction of sp³-hybridized carbons (Fsp3) is 0.800. The van der Waals surface area contributed by atoms with Crippen LogP contribution in [0.1, 0.15) is 40.0 Å². The second-order valence-corrected chi connectivity index (χ2v) is 3.24. The molecule has 0 aliphatic carbocycles. The maximum Gasteiger partial charge on any atom is 0.0895 e. The Morgan fingerprint density at radius 3 is 2.64 bits per heavy atom. The summed E-state index contributed by atoms with van der Waals surface area (Å²) in [6.45, 7) is 7.34. The summed E-state index contributed by atoms with van der Waals surface area (Å²) in [5, 5.41) is 0. The molecular formula is C10H20O. The van der Waals surface area contributed by atoms with Gasteiger partial charge in [0.15, 0.2) is 0 Å². The maximum absolute atomic E-state index is 5.26. The number of hydrogen-bond donors (Lipinski definition) is 0. The van der Waals surface area contributed by atoms with Gasteiger partial charge >= 0.3 is 0 Å². The normalized spacial score (nSPS) is 11.3. The molecule has 0 aliphatic heterocycles. The minimum absolute atomic E-state index is 0.630. The zero-order chi connectivity index (χ0) is 8.53. The Morgan fingerprint density at radius 1 is 1.36 bits per heavy atom. The van der Waals surface area contributed by atoms with E-state index in [1.165, 1.54) is 12.8 Å². The third-order valence-corrected chi connectivity index (χ3v) is 1.35. The first-order valence-corrected chi connectivity index (χ1v) is 4.54. The molecule has 0 radical (unpaired) electrons. The topological polar surface area (TPSA) is 9.23 Å². The third kappa shape index (κ3) is 9.54. The predicted molar refractivity (Wildman–Crippen MR) is 49.5 cm³/mol. The van der Waals surface area contributed by atoms with E-state index >= 15 is 0 Å². The van der Waals surface area contributed by atoms with Crippen molar-refractivity contribution in [1.82, 2.24) is 0 Å². The van der Waals surface area contributed by atoms with Crippen LogP contribution in [-0.2, 0) is 4.74 Å².